The fraction of sp³-hybridized carbons (Fsp3) is 0.462. The summed E-state index contributed by atoms with van der Waals surface area (Å²) in [6, 6.07) is 3.15. The number of carbonyl (C=O) groups excluding carboxylic acids is 1. The van der Waals surface area contributed by atoms with Crippen molar-refractivity contribution in [2.45, 2.75) is 26.3 Å². The molecule has 18 heavy (non-hydrogen) atoms. The molecule has 100 valence electrons. The van der Waals surface area contributed by atoms with Crippen molar-refractivity contribution in [3.05, 3.63) is 29.6 Å². The molecule has 1 aromatic carbocycles. The lowest BCUT2D eigenvalue weighted by atomic mass is 10.0. The van der Waals surface area contributed by atoms with E-state index in [0.29, 0.717) is 12.5 Å². The lowest BCUT2D eigenvalue weighted by Gasteiger charge is -2.15. The summed E-state index contributed by atoms with van der Waals surface area (Å²) in [5.41, 5.74) is 5.88. The van der Waals surface area contributed by atoms with Gasteiger partial charge in [-0.05, 0) is 24.5 Å². The first kappa shape index (κ1) is 14.4. The van der Waals surface area contributed by atoms with Crippen LogP contribution in [0.15, 0.2) is 18.2 Å². The topological polar surface area (TPSA) is 75.3 Å². The maximum Gasteiger partial charge on any atom is 0.255 e. The Balaban J connectivity index is 2.55. The van der Waals surface area contributed by atoms with E-state index in [1.54, 1.807) is 0 Å². The molecule has 0 saturated heterocycles. The minimum atomic E-state index is -0.583. The number of carbonyl (C=O) groups is 1. The predicted molar refractivity (Wildman–Crippen MR) is 67.8 cm³/mol. The Labute approximate surface area is 106 Å². The van der Waals surface area contributed by atoms with Crippen LogP contribution >= 0.6 is 0 Å². The molecule has 0 aliphatic carbocycles. The second-order valence-electron chi connectivity index (χ2n) is 4.76. The predicted octanol–water partition coefficient (Wildman–Crippen LogP) is 1.63. The van der Waals surface area contributed by atoms with Gasteiger partial charge < -0.3 is 16.2 Å². The lowest BCUT2D eigenvalue weighted by molar-refractivity contribution is 0.0947. The normalized spacial score (nSPS) is 12.5. The van der Waals surface area contributed by atoms with Gasteiger partial charge in [-0.25, -0.2) is 4.39 Å². The summed E-state index contributed by atoms with van der Waals surface area (Å²) < 4.78 is 12.8. The highest BCUT2D eigenvalue weighted by Crippen LogP contribution is 2.17. The standard InChI is InChI=1S/C13H19FN2O2/c1-8(2)5-10(15)7-16-13(18)11-4-3-9(14)6-12(11)17/h3-4,6,8,10,17H,5,7,15H2,1-2H3,(H,16,18). The van der Waals surface area contributed by atoms with Gasteiger partial charge in [-0.2, -0.15) is 0 Å². The smallest absolute Gasteiger partial charge is 0.255 e. The number of hydrogen-bond acceptors (Lipinski definition) is 3. The maximum absolute atomic E-state index is 12.8. The van der Waals surface area contributed by atoms with Crippen molar-refractivity contribution >= 4 is 5.91 Å². The highest BCUT2D eigenvalue weighted by Gasteiger charge is 2.13. The van der Waals surface area contributed by atoms with Crippen molar-refractivity contribution in [1.29, 1.82) is 0 Å². The number of amides is 1. The minimum Gasteiger partial charge on any atom is -0.507 e. The van der Waals surface area contributed by atoms with Gasteiger partial charge in [0.25, 0.3) is 5.91 Å². The average Bonchev–Trinajstić information content (AvgIpc) is 2.25. The van der Waals surface area contributed by atoms with E-state index in [2.05, 4.69) is 5.32 Å². The van der Waals surface area contributed by atoms with Crippen LogP contribution in [0.5, 0.6) is 5.75 Å². The first-order valence-electron chi connectivity index (χ1n) is 5.92. The summed E-state index contributed by atoms with van der Waals surface area (Å²) in [5, 5.41) is 12.1. The molecule has 1 atom stereocenters. The number of phenols is 1. The molecule has 5 heteroatoms. The fourth-order valence-corrected chi connectivity index (χ4v) is 1.70. The molecule has 0 fully saturated rings. The highest BCUT2D eigenvalue weighted by atomic mass is 19.1. The summed E-state index contributed by atoms with van der Waals surface area (Å²) in [4.78, 5) is 11.7. The molecule has 0 aromatic heterocycles. The maximum atomic E-state index is 12.8. The van der Waals surface area contributed by atoms with Crippen LogP contribution in [0.4, 0.5) is 4.39 Å². The molecule has 4 N–H and O–H groups in total. The molecule has 1 aromatic rings. The number of halogens is 1. The zero-order chi connectivity index (χ0) is 13.7. The molecule has 0 radical (unpaired) electrons. The van der Waals surface area contributed by atoms with Crippen molar-refractivity contribution in [3.8, 4) is 5.75 Å². The van der Waals surface area contributed by atoms with Gasteiger partial charge in [0.15, 0.2) is 0 Å². The van der Waals surface area contributed by atoms with E-state index in [4.69, 9.17) is 5.73 Å². The molecule has 0 saturated carbocycles. The molecule has 1 rings (SSSR count). The summed E-state index contributed by atoms with van der Waals surface area (Å²) in [7, 11) is 0. The Bertz CT molecular complexity index is 421. The van der Waals surface area contributed by atoms with Gasteiger partial charge >= 0.3 is 0 Å². The van der Waals surface area contributed by atoms with Crippen molar-refractivity contribution in [1.82, 2.24) is 5.32 Å². The Morgan fingerprint density at radius 1 is 1.50 bits per heavy atom. The summed E-state index contributed by atoms with van der Waals surface area (Å²) >= 11 is 0. The fourth-order valence-electron chi connectivity index (χ4n) is 1.70. The number of rotatable bonds is 5. The second-order valence-corrected chi connectivity index (χ2v) is 4.76. The first-order chi connectivity index (χ1) is 8.40. The van der Waals surface area contributed by atoms with Gasteiger partial charge in [0, 0.05) is 18.7 Å². The number of nitrogens with two attached hydrogens (primary N) is 1. The van der Waals surface area contributed by atoms with Gasteiger partial charge in [-0.3, -0.25) is 4.79 Å². The largest absolute Gasteiger partial charge is 0.507 e. The van der Waals surface area contributed by atoms with Crippen molar-refractivity contribution in [2.24, 2.45) is 11.7 Å². The zero-order valence-electron chi connectivity index (χ0n) is 10.6. The van der Waals surface area contributed by atoms with Crippen molar-refractivity contribution in [3.63, 3.8) is 0 Å². The van der Waals surface area contributed by atoms with Gasteiger partial charge in [0.2, 0.25) is 0 Å². The van der Waals surface area contributed by atoms with E-state index in [1.165, 1.54) is 6.07 Å². The van der Waals surface area contributed by atoms with Crippen molar-refractivity contribution in [2.75, 3.05) is 6.54 Å². The van der Waals surface area contributed by atoms with Crippen LogP contribution in [-0.4, -0.2) is 23.6 Å². The number of nitrogens with one attached hydrogen (secondary N) is 1. The lowest BCUT2D eigenvalue weighted by Crippen LogP contribution is -2.38. The first-order valence-corrected chi connectivity index (χ1v) is 5.92. The molecule has 0 aliphatic heterocycles. The Morgan fingerprint density at radius 2 is 2.17 bits per heavy atom. The summed E-state index contributed by atoms with van der Waals surface area (Å²) in [6.07, 6.45) is 0.801. The van der Waals surface area contributed by atoms with Crippen molar-refractivity contribution < 1.29 is 14.3 Å². The molecule has 0 bridgehead atoms. The minimum absolute atomic E-state index is 0.0492. The van der Waals surface area contributed by atoms with Crippen LogP contribution in [0, 0.1) is 11.7 Å². The molecular formula is C13H19FN2O2. The van der Waals surface area contributed by atoms with Crippen LogP contribution in [0.25, 0.3) is 0 Å². The van der Waals surface area contributed by atoms with Crippen LogP contribution in [0.2, 0.25) is 0 Å². The molecular weight excluding hydrogens is 235 g/mol. The van der Waals surface area contributed by atoms with Crippen LogP contribution in [0.1, 0.15) is 30.6 Å². The Kier molecular flexibility index (Phi) is 5.09. The number of hydrogen-bond donors (Lipinski definition) is 3. The Hall–Kier alpha value is -1.62. The van der Waals surface area contributed by atoms with Gasteiger partial charge in [0.05, 0.1) is 5.56 Å². The van der Waals surface area contributed by atoms with Gasteiger partial charge in [-0.15, -0.1) is 0 Å². The zero-order valence-corrected chi connectivity index (χ0v) is 10.6. The van der Waals surface area contributed by atoms with Gasteiger partial charge in [-0.1, -0.05) is 13.8 Å². The third kappa shape index (κ3) is 4.33. The van der Waals surface area contributed by atoms with E-state index in [9.17, 15) is 14.3 Å². The monoisotopic (exact) mass is 254 g/mol. The summed E-state index contributed by atoms with van der Waals surface area (Å²) in [5.74, 6) is -0.951. The van der Waals surface area contributed by atoms with Crippen LogP contribution < -0.4 is 11.1 Å². The third-order valence-corrected chi connectivity index (χ3v) is 2.50. The van der Waals surface area contributed by atoms with E-state index in [-0.39, 0.29) is 17.4 Å². The van der Waals surface area contributed by atoms with Crippen LogP contribution in [-0.2, 0) is 0 Å². The molecule has 4 nitrogen and oxygen atoms in total. The molecule has 1 unspecified atom stereocenters. The third-order valence-electron chi connectivity index (χ3n) is 2.50. The quantitative estimate of drug-likeness (QED) is 0.747. The molecule has 1 amide bonds. The SMILES string of the molecule is CC(C)CC(N)CNC(=O)c1ccc(F)cc1O. The Morgan fingerprint density at radius 3 is 2.72 bits per heavy atom. The van der Waals surface area contributed by atoms with Crippen LogP contribution in [0.3, 0.4) is 0 Å². The molecule has 0 aliphatic rings. The number of benzene rings is 1. The van der Waals surface area contributed by atoms with Gasteiger partial charge in [0.1, 0.15) is 11.6 Å². The van der Waals surface area contributed by atoms with E-state index in [0.717, 1.165) is 18.6 Å². The second kappa shape index (κ2) is 6.35. The summed E-state index contributed by atoms with van der Waals surface area (Å²) in [6.45, 7) is 4.43. The molecule has 0 spiro atoms. The highest BCUT2D eigenvalue weighted by molar-refractivity contribution is 5.96. The van der Waals surface area contributed by atoms with E-state index >= 15 is 0 Å². The van der Waals surface area contributed by atoms with E-state index < -0.39 is 11.7 Å². The van der Waals surface area contributed by atoms with E-state index in [1.807, 2.05) is 13.8 Å². The molecule has 0 heterocycles. The number of phenolic OH excluding ortho intramolecular Hbond substituents is 1. The average molecular weight is 254 g/mol. The number of aromatic hydroxyl groups is 1.